The van der Waals surface area contributed by atoms with Crippen LogP contribution in [0, 0.1) is 5.92 Å². The molecule has 5 heteroatoms. The van der Waals surface area contributed by atoms with Crippen molar-refractivity contribution in [3.05, 3.63) is 16.4 Å². The maximum Gasteiger partial charge on any atom is 0.0696 e. The molecule has 1 N–H and O–H groups in total. The number of hydrogen-bond acceptors (Lipinski definition) is 3. The van der Waals surface area contributed by atoms with Gasteiger partial charge in [0.25, 0.3) is 0 Å². The van der Waals surface area contributed by atoms with E-state index in [9.17, 15) is 0 Å². The normalized spacial score (nSPS) is 17.7. The lowest BCUT2D eigenvalue weighted by Crippen LogP contribution is -2.27. The monoisotopic (exact) mass is 328 g/mol. The molecule has 0 amide bonds. The van der Waals surface area contributed by atoms with Crippen LogP contribution in [-0.2, 0) is 6.54 Å². The van der Waals surface area contributed by atoms with E-state index in [1.807, 2.05) is 6.20 Å². The molecule has 4 nitrogen and oxygen atoms in total. The van der Waals surface area contributed by atoms with Crippen molar-refractivity contribution in [1.29, 1.82) is 0 Å². The second-order valence-corrected chi connectivity index (χ2v) is 6.63. The van der Waals surface area contributed by atoms with Crippen molar-refractivity contribution in [3.8, 4) is 0 Å². The summed E-state index contributed by atoms with van der Waals surface area (Å²) in [7, 11) is 6.25. The number of rotatable bonds is 7. The fourth-order valence-electron chi connectivity index (χ4n) is 2.62. The van der Waals surface area contributed by atoms with Crippen molar-refractivity contribution in [2.24, 2.45) is 5.92 Å². The number of aromatic nitrogens is 2. The van der Waals surface area contributed by atoms with Gasteiger partial charge in [-0.2, -0.15) is 5.10 Å². The molecule has 1 heterocycles. The molecular weight excluding hydrogens is 304 g/mol. The Morgan fingerprint density at radius 3 is 2.79 bits per heavy atom. The number of hydrogen-bond donors (Lipinski definition) is 1. The van der Waals surface area contributed by atoms with Gasteiger partial charge in [-0.05, 0) is 49.4 Å². The predicted molar refractivity (Wildman–Crippen MR) is 82.2 cm³/mol. The van der Waals surface area contributed by atoms with Crippen molar-refractivity contribution >= 4 is 15.9 Å². The summed E-state index contributed by atoms with van der Waals surface area (Å²) in [6.45, 7) is 1.96. The molecule has 1 saturated carbocycles. The molecule has 0 saturated heterocycles. The third kappa shape index (κ3) is 3.80. The van der Waals surface area contributed by atoms with Gasteiger partial charge in [-0.25, -0.2) is 0 Å². The molecule has 1 aromatic rings. The number of likely N-dealkylation sites (N-methyl/N-ethyl adjacent to an activating group) is 1. The van der Waals surface area contributed by atoms with Crippen LogP contribution in [-0.4, -0.2) is 42.4 Å². The molecular formula is C14H25BrN4. The maximum absolute atomic E-state index is 4.51. The molecule has 1 fully saturated rings. The second kappa shape index (κ2) is 6.86. The minimum absolute atomic E-state index is 0.407. The quantitative estimate of drug-likeness (QED) is 0.835. The lowest BCUT2D eigenvalue weighted by molar-refractivity contribution is 0.258. The van der Waals surface area contributed by atoms with Crippen LogP contribution >= 0.6 is 15.9 Å². The third-order valence-electron chi connectivity index (χ3n) is 4.06. The molecule has 1 unspecified atom stereocenters. The van der Waals surface area contributed by atoms with Gasteiger partial charge in [0.05, 0.1) is 29.0 Å². The van der Waals surface area contributed by atoms with Crippen molar-refractivity contribution in [2.45, 2.75) is 38.3 Å². The molecule has 0 aromatic carbocycles. The van der Waals surface area contributed by atoms with Gasteiger partial charge in [0.15, 0.2) is 0 Å². The van der Waals surface area contributed by atoms with Gasteiger partial charge in [-0.1, -0.05) is 19.3 Å². The van der Waals surface area contributed by atoms with Crippen molar-refractivity contribution in [2.75, 3.05) is 27.7 Å². The number of nitrogens with one attached hydrogen (secondary N) is 1. The summed E-state index contributed by atoms with van der Waals surface area (Å²) in [6, 6.07) is 0.407. The van der Waals surface area contributed by atoms with Crippen molar-refractivity contribution in [3.63, 3.8) is 0 Å². The van der Waals surface area contributed by atoms with E-state index in [-0.39, 0.29) is 0 Å². The van der Waals surface area contributed by atoms with Crippen LogP contribution in [0.5, 0.6) is 0 Å². The first-order valence-corrected chi connectivity index (χ1v) is 7.94. The Labute approximate surface area is 124 Å². The Hall–Kier alpha value is -0.390. The highest BCUT2D eigenvalue weighted by Crippen LogP contribution is 2.36. The second-order valence-electron chi connectivity index (χ2n) is 5.78. The van der Waals surface area contributed by atoms with E-state index in [0.717, 1.165) is 23.5 Å². The molecule has 1 aromatic heterocycles. The molecule has 1 atom stereocenters. The highest BCUT2D eigenvalue weighted by atomic mass is 79.9. The van der Waals surface area contributed by atoms with Gasteiger partial charge < -0.3 is 10.2 Å². The van der Waals surface area contributed by atoms with Gasteiger partial charge in [0.2, 0.25) is 0 Å². The van der Waals surface area contributed by atoms with E-state index in [1.165, 1.54) is 31.4 Å². The SMILES string of the molecule is CNC(CC1CCC1)c1c(Br)cnn1CCN(C)C. The summed E-state index contributed by atoms with van der Waals surface area (Å²) in [5.41, 5.74) is 1.30. The summed E-state index contributed by atoms with van der Waals surface area (Å²) >= 11 is 3.66. The van der Waals surface area contributed by atoms with Crippen LogP contribution in [0.25, 0.3) is 0 Å². The van der Waals surface area contributed by atoms with Gasteiger partial charge in [0, 0.05) is 6.54 Å². The standard InChI is InChI=1S/C14H25BrN4/c1-16-13(9-11-5-4-6-11)14-12(15)10-17-19(14)8-7-18(2)3/h10-11,13,16H,4-9H2,1-3H3. The number of nitrogens with zero attached hydrogens (tertiary/aromatic N) is 3. The Morgan fingerprint density at radius 2 is 2.26 bits per heavy atom. The lowest BCUT2D eigenvalue weighted by atomic mass is 9.80. The van der Waals surface area contributed by atoms with Crippen LogP contribution in [0.15, 0.2) is 10.7 Å². The average molecular weight is 329 g/mol. The summed E-state index contributed by atoms with van der Waals surface area (Å²) < 4.78 is 3.27. The van der Waals surface area contributed by atoms with Crippen molar-refractivity contribution in [1.82, 2.24) is 20.0 Å². The Bertz CT molecular complexity index is 398. The molecule has 2 rings (SSSR count). The summed E-state index contributed by atoms with van der Waals surface area (Å²) in [5.74, 6) is 0.890. The molecule has 19 heavy (non-hydrogen) atoms. The van der Waals surface area contributed by atoms with Crippen LogP contribution in [0.2, 0.25) is 0 Å². The van der Waals surface area contributed by atoms with Crippen LogP contribution in [0.1, 0.15) is 37.4 Å². The number of halogens is 1. The van der Waals surface area contributed by atoms with Gasteiger partial charge in [-0.15, -0.1) is 0 Å². The first-order valence-electron chi connectivity index (χ1n) is 7.15. The minimum atomic E-state index is 0.407. The molecule has 0 radical (unpaired) electrons. The maximum atomic E-state index is 4.51. The van der Waals surface area contributed by atoms with Crippen molar-refractivity contribution < 1.29 is 0 Å². The Balaban J connectivity index is 2.08. The zero-order valence-electron chi connectivity index (χ0n) is 12.2. The van der Waals surface area contributed by atoms with Gasteiger partial charge in [0.1, 0.15) is 0 Å². The highest BCUT2D eigenvalue weighted by Gasteiger charge is 2.25. The van der Waals surface area contributed by atoms with Crippen LogP contribution in [0.4, 0.5) is 0 Å². The van der Waals surface area contributed by atoms with Crippen LogP contribution in [0.3, 0.4) is 0 Å². The topological polar surface area (TPSA) is 33.1 Å². The summed E-state index contributed by atoms with van der Waals surface area (Å²) in [6.07, 6.45) is 7.34. The molecule has 1 aliphatic rings. The molecule has 0 bridgehead atoms. The van der Waals surface area contributed by atoms with Crippen LogP contribution < -0.4 is 5.32 Å². The first kappa shape index (κ1) is 15.0. The Kier molecular flexibility index (Phi) is 5.42. The first-order chi connectivity index (χ1) is 9.11. The van der Waals surface area contributed by atoms with E-state index in [4.69, 9.17) is 0 Å². The fourth-order valence-corrected chi connectivity index (χ4v) is 3.19. The molecule has 108 valence electrons. The zero-order chi connectivity index (χ0) is 13.8. The summed E-state index contributed by atoms with van der Waals surface area (Å²) in [5, 5.41) is 7.98. The average Bonchev–Trinajstić information content (AvgIpc) is 2.67. The predicted octanol–water partition coefficient (Wildman–Crippen LogP) is 2.66. The Morgan fingerprint density at radius 1 is 1.53 bits per heavy atom. The largest absolute Gasteiger partial charge is 0.312 e. The molecule has 1 aliphatic carbocycles. The fraction of sp³-hybridized carbons (Fsp3) is 0.786. The van der Waals surface area contributed by atoms with E-state index in [1.54, 1.807) is 0 Å². The van der Waals surface area contributed by atoms with E-state index in [2.05, 4.69) is 57.1 Å². The smallest absolute Gasteiger partial charge is 0.0696 e. The van der Waals surface area contributed by atoms with E-state index < -0.39 is 0 Å². The molecule has 0 aliphatic heterocycles. The third-order valence-corrected chi connectivity index (χ3v) is 4.68. The van der Waals surface area contributed by atoms with E-state index in [0.29, 0.717) is 6.04 Å². The van der Waals surface area contributed by atoms with E-state index >= 15 is 0 Å². The highest BCUT2D eigenvalue weighted by molar-refractivity contribution is 9.10. The minimum Gasteiger partial charge on any atom is -0.312 e. The van der Waals surface area contributed by atoms with Gasteiger partial charge in [-0.3, -0.25) is 4.68 Å². The zero-order valence-corrected chi connectivity index (χ0v) is 13.8. The molecule has 0 spiro atoms. The van der Waals surface area contributed by atoms with Gasteiger partial charge >= 0.3 is 0 Å². The summed E-state index contributed by atoms with van der Waals surface area (Å²) in [4.78, 5) is 2.19. The lowest BCUT2D eigenvalue weighted by Gasteiger charge is -2.30.